The second-order valence-electron chi connectivity index (χ2n) is 9.14. The predicted molar refractivity (Wildman–Crippen MR) is 139 cm³/mol. The van der Waals surface area contributed by atoms with E-state index >= 15 is 0 Å². The highest BCUT2D eigenvalue weighted by molar-refractivity contribution is 7.98. The minimum Gasteiger partial charge on any atom is -0.382 e. The van der Waals surface area contributed by atoms with Gasteiger partial charge in [0.15, 0.2) is 5.16 Å². The van der Waals surface area contributed by atoms with Gasteiger partial charge in [-0.15, -0.1) is 0 Å². The summed E-state index contributed by atoms with van der Waals surface area (Å²) < 4.78 is 36.0. The van der Waals surface area contributed by atoms with E-state index in [2.05, 4.69) is 42.7 Å². The third-order valence-corrected chi connectivity index (χ3v) is 9.18. The lowest BCUT2D eigenvalue weighted by Gasteiger charge is -2.30. The molecule has 0 aliphatic carbocycles. The van der Waals surface area contributed by atoms with E-state index in [4.69, 9.17) is 9.72 Å². The summed E-state index contributed by atoms with van der Waals surface area (Å²) in [5.41, 5.74) is 4.19. The van der Waals surface area contributed by atoms with Crippen LogP contribution in [0.4, 0.5) is 0 Å². The quantitative estimate of drug-likeness (QED) is 0.272. The van der Waals surface area contributed by atoms with Gasteiger partial charge in [0.25, 0.3) is 0 Å². The molecule has 2 aromatic carbocycles. The molecular weight excluding hydrogens is 466 g/mol. The molecule has 1 saturated heterocycles. The van der Waals surface area contributed by atoms with E-state index in [0.717, 1.165) is 47.7 Å². The maximum atomic E-state index is 13.3. The molecule has 1 aliphatic heterocycles. The zero-order valence-electron chi connectivity index (χ0n) is 20.4. The van der Waals surface area contributed by atoms with Gasteiger partial charge in [0.05, 0.1) is 15.9 Å². The van der Waals surface area contributed by atoms with E-state index in [0.29, 0.717) is 37.1 Å². The summed E-state index contributed by atoms with van der Waals surface area (Å²) in [6.45, 7) is 9.57. The third kappa shape index (κ3) is 5.85. The average molecular weight is 502 g/mol. The van der Waals surface area contributed by atoms with Crippen LogP contribution in [-0.4, -0.2) is 48.6 Å². The Morgan fingerprint density at radius 2 is 2.06 bits per heavy atom. The Balaban J connectivity index is 1.63. The molecule has 2 heterocycles. The van der Waals surface area contributed by atoms with Crippen molar-refractivity contribution in [2.75, 3.05) is 26.3 Å². The lowest BCUT2D eigenvalue weighted by atomic mass is 10.0. The molecule has 1 atom stereocenters. The fraction of sp³-hybridized carbons (Fsp3) is 0.500. The molecule has 0 N–H and O–H groups in total. The Labute approximate surface area is 207 Å². The third-order valence-electron chi connectivity index (χ3n) is 6.27. The molecule has 1 aromatic heterocycles. The van der Waals surface area contributed by atoms with Crippen LogP contribution >= 0.6 is 11.8 Å². The molecule has 184 valence electrons. The van der Waals surface area contributed by atoms with Crippen molar-refractivity contribution in [3.8, 4) is 0 Å². The summed E-state index contributed by atoms with van der Waals surface area (Å²) in [7, 11) is -3.52. The van der Waals surface area contributed by atoms with Crippen molar-refractivity contribution in [3.63, 3.8) is 0 Å². The van der Waals surface area contributed by atoms with Gasteiger partial charge in [0.2, 0.25) is 10.0 Å². The van der Waals surface area contributed by atoms with Gasteiger partial charge in [0.1, 0.15) is 0 Å². The second kappa shape index (κ2) is 11.2. The Morgan fingerprint density at radius 3 is 2.82 bits per heavy atom. The molecule has 1 fully saturated rings. The Bertz CT molecular complexity index is 1220. The molecule has 6 nitrogen and oxygen atoms in total. The van der Waals surface area contributed by atoms with Crippen molar-refractivity contribution in [1.82, 2.24) is 13.9 Å². The van der Waals surface area contributed by atoms with Crippen LogP contribution in [-0.2, 0) is 27.1 Å². The summed E-state index contributed by atoms with van der Waals surface area (Å²) in [4.78, 5) is 5.22. The molecule has 8 heteroatoms. The van der Waals surface area contributed by atoms with Crippen LogP contribution < -0.4 is 0 Å². The smallest absolute Gasteiger partial charge is 0.243 e. The molecule has 3 aromatic rings. The number of fused-ring (bicyclic) bond motifs is 1. The van der Waals surface area contributed by atoms with Gasteiger partial charge in [-0.05, 0) is 62.8 Å². The van der Waals surface area contributed by atoms with Crippen LogP contribution in [0.15, 0.2) is 52.5 Å². The van der Waals surface area contributed by atoms with Crippen LogP contribution in [0.5, 0.6) is 0 Å². The van der Waals surface area contributed by atoms with Crippen molar-refractivity contribution >= 4 is 32.8 Å². The first-order chi connectivity index (χ1) is 16.4. The minimum atomic E-state index is -3.52. The second-order valence-corrected chi connectivity index (χ2v) is 12.0. The number of sulfonamides is 1. The molecule has 0 spiro atoms. The van der Waals surface area contributed by atoms with E-state index < -0.39 is 10.0 Å². The molecule has 1 aliphatic rings. The Hall–Kier alpha value is -1.87. The van der Waals surface area contributed by atoms with Crippen molar-refractivity contribution in [2.24, 2.45) is 5.92 Å². The number of aromatic nitrogens is 2. The summed E-state index contributed by atoms with van der Waals surface area (Å²) in [6, 6.07) is 13.9. The molecule has 1 unspecified atom stereocenters. The number of piperidine rings is 1. The van der Waals surface area contributed by atoms with Gasteiger partial charge >= 0.3 is 0 Å². The van der Waals surface area contributed by atoms with Gasteiger partial charge in [-0.1, -0.05) is 48.5 Å². The van der Waals surface area contributed by atoms with E-state index in [1.807, 2.05) is 13.0 Å². The molecule has 0 amide bonds. The molecule has 4 rings (SSSR count). The first-order valence-electron chi connectivity index (χ1n) is 12.1. The molecule has 0 saturated carbocycles. The number of rotatable bonds is 10. The molecule has 0 bridgehead atoms. The fourth-order valence-electron chi connectivity index (χ4n) is 4.51. The van der Waals surface area contributed by atoms with Crippen molar-refractivity contribution in [3.05, 3.63) is 53.6 Å². The van der Waals surface area contributed by atoms with Crippen LogP contribution in [0.2, 0.25) is 0 Å². The number of thioether (sulfide) groups is 1. The SMILES string of the molecule is CCOCCCn1c(SCc2cccc(C)c2)nc2cc(S(=O)(=O)N3CCCC(C)C3)ccc21. The van der Waals surface area contributed by atoms with Gasteiger partial charge in [0, 0.05) is 38.6 Å². The highest BCUT2D eigenvalue weighted by Gasteiger charge is 2.29. The zero-order valence-corrected chi connectivity index (χ0v) is 22.0. The topological polar surface area (TPSA) is 64.4 Å². The van der Waals surface area contributed by atoms with Crippen LogP contribution in [0.25, 0.3) is 11.0 Å². The molecule has 0 radical (unpaired) electrons. The number of nitrogens with zero attached hydrogens (tertiary/aromatic N) is 3. The predicted octanol–water partition coefficient (Wildman–Crippen LogP) is 5.48. The van der Waals surface area contributed by atoms with Crippen LogP contribution in [0.1, 0.15) is 44.2 Å². The van der Waals surface area contributed by atoms with Gasteiger partial charge in [-0.2, -0.15) is 4.31 Å². The zero-order chi connectivity index (χ0) is 24.1. The summed E-state index contributed by atoms with van der Waals surface area (Å²) in [6.07, 6.45) is 2.87. The summed E-state index contributed by atoms with van der Waals surface area (Å²) in [5.74, 6) is 1.20. The number of hydrogen-bond donors (Lipinski definition) is 0. The van der Waals surface area contributed by atoms with E-state index in [-0.39, 0.29) is 0 Å². The highest BCUT2D eigenvalue weighted by Crippen LogP contribution is 2.30. The van der Waals surface area contributed by atoms with Gasteiger partial charge < -0.3 is 9.30 Å². The van der Waals surface area contributed by atoms with Gasteiger partial charge in [-0.25, -0.2) is 13.4 Å². The van der Waals surface area contributed by atoms with E-state index in [1.54, 1.807) is 28.2 Å². The largest absolute Gasteiger partial charge is 0.382 e. The summed E-state index contributed by atoms with van der Waals surface area (Å²) >= 11 is 1.69. The number of hydrogen-bond acceptors (Lipinski definition) is 5. The first kappa shape index (κ1) is 25.2. The van der Waals surface area contributed by atoms with Crippen LogP contribution in [0.3, 0.4) is 0 Å². The lowest BCUT2D eigenvalue weighted by molar-refractivity contribution is 0.141. The monoisotopic (exact) mass is 501 g/mol. The number of benzene rings is 2. The number of imidazole rings is 1. The number of ether oxygens (including phenoxy) is 1. The van der Waals surface area contributed by atoms with E-state index in [1.165, 1.54) is 11.1 Å². The number of aryl methyl sites for hydroxylation is 2. The lowest BCUT2D eigenvalue weighted by Crippen LogP contribution is -2.39. The maximum Gasteiger partial charge on any atom is 0.243 e. The standard InChI is InChI=1S/C26H35N3O3S2/c1-4-32-15-7-14-29-25-12-11-23(34(30,31)28-13-6-9-21(3)18-28)17-24(25)27-26(29)33-19-22-10-5-8-20(2)16-22/h5,8,10-12,16-17,21H,4,6-7,9,13-15,18-19H2,1-3H3. The van der Waals surface area contributed by atoms with Gasteiger partial charge in [-0.3, -0.25) is 0 Å². The van der Waals surface area contributed by atoms with E-state index in [9.17, 15) is 8.42 Å². The molecule has 34 heavy (non-hydrogen) atoms. The van der Waals surface area contributed by atoms with Crippen molar-refractivity contribution < 1.29 is 13.2 Å². The Kier molecular flexibility index (Phi) is 8.34. The maximum absolute atomic E-state index is 13.3. The Morgan fingerprint density at radius 1 is 1.21 bits per heavy atom. The average Bonchev–Trinajstić information content (AvgIpc) is 3.17. The molecular formula is C26H35N3O3S2. The van der Waals surface area contributed by atoms with Crippen molar-refractivity contribution in [1.29, 1.82) is 0 Å². The normalized spacial score (nSPS) is 17.4. The first-order valence-corrected chi connectivity index (χ1v) is 14.6. The highest BCUT2D eigenvalue weighted by atomic mass is 32.2. The summed E-state index contributed by atoms with van der Waals surface area (Å²) in [5, 5.41) is 0.911. The van der Waals surface area contributed by atoms with Crippen LogP contribution in [0, 0.1) is 12.8 Å². The minimum absolute atomic E-state index is 0.336. The van der Waals surface area contributed by atoms with Crippen molar-refractivity contribution in [2.45, 2.75) is 62.4 Å². The fourth-order valence-corrected chi connectivity index (χ4v) is 7.11.